The molecule has 0 N–H and O–H groups in total. The minimum atomic E-state index is -4.17. The van der Waals surface area contributed by atoms with Crippen LogP contribution in [0.3, 0.4) is 0 Å². The predicted molar refractivity (Wildman–Crippen MR) is 104 cm³/mol. The van der Waals surface area contributed by atoms with Crippen molar-refractivity contribution >= 4 is 27.6 Å². The number of benzene rings is 1. The van der Waals surface area contributed by atoms with Crippen LogP contribution in [0.25, 0.3) is 0 Å². The first-order valence-corrected chi connectivity index (χ1v) is 10.3. The maximum absolute atomic E-state index is 13.0. The summed E-state index contributed by atoms with van der Waals surface area (Å²) in [6.07, 6.45) is -0.328. The van der Waals surface area contributed by atoms with Crippen LogP contribution in [0, 0.1) is 10.1 Å². The summed E-state index contributed by atoms with van der Waals surface area (Å²) in [5.41, 5.74) is -0.978. The van der Waals surface area contributed by atoms with E-state index in [0.717, 1.165) is 35.7 Å². The molecule has 1 rings (SSSR count). The lowest BCUT2D eigenvalue weighted by Crippen LogP contribution is -2.45. The second kappa shape index (κ2) is 9.79. The van der Waals surface area contributed by atoms with E-state index in [1.54, 1.807) is 20.8 Å². The summed E-state index contributed by atoms with van der Waals surface area (Å²) in [5, 5.41) is 10.8. The number of nitro groups is 1. The molecule has 0 aliphatic heterocycles. The topological polar surface area (TPSA) is 133 Å². The third-order valence-electron chi connectivity index (χ3n) is 3.83. The molecule has 0 aliphatic carbocycles. The minimum absolute atomic E-state index is 0.0760. The average molecular weight is 430 g/mol. The summed E-state index contributed by atoms with van der Waals surface area (Å²) >= 11 is 0. The first-order chi connectivity index (χ1) is 13.3. The second-order valence-corrected chi connectivity index (χ2v) is 9.01. The van der Waals surface area contributed by atoms with E-state index >= 15 is 0 Å². The maximum Gasteiger partial charge on any atom is 0.324 e. The van der Waals surface area contributed by atoms with E-state index < -0.39 is 38.5 Å². The van der Waals surface area contributed by atoms with Gasteiger partial charge in [0.05, 0.1) is 16.9 Å². The molecule has 10 nitrogen and oxygen atoms in total. The number of nitrogens with zero attached hydrogens (tertiary/aromatic N) is 2. The molecule has 1 aromatic rings. The van der Waals surface area contributed by atoms with Crippen molar-refractivity contribution in [1.29, 1.82) is 0 Å². The van der Waals surface area contributed by atoms with Gasteiger partial charge in [-0.3, -0.25) is 19.7 Å². The molecule has 0 spiro atoms. The number of methoxy groups -OCH3 is 1. The van der Waals surface area contributed by atoms with Gasteiger partial charge >= 0.3 is 11.9 Å². The lowest BCUT2D eigenvalue weighted by molar-refractivity contribution is -0.384. The lowest BCUT2D eigenvalue weighted by Gasteiger charge is -2.28. The molecular weight excluding hydrogens is 404 g/mol. The van der Waals surface area contributed by atoms with E-state index in [1.165, 1.54) is 6.92 Å². The van der Waals surface area contributed by atoms with Gasteiger partial charge in [0, 0.05) is 25.1 Å². The van der Waals surface area contributed by atoms with Crippen molar-refractivity contribution in [2.24, 2.45) is 0 Å². The first-order valence-electron chi connectivity index (χ1n) is 8.89. The van der Waals surface area contributed by atoms with Gasteiger partial charge in [-0.2, -0.15) is 4.31 Å². The SMILES string of the molecule is CCN([C@@H](CCC(=O)OC(C)(C)C)C(=O)OC)S(=O)(=O)c1ccc([N+](=O)[O-])cc1. The zero-order chi connectivity index (χ0) is 22.4. The third-order valence-corrected chi connectivity index (χ3v) is 5.83. The Hall–Kier alpha value is -2.53. The largest absolute Gasteiger partial charge is 0.468 e. The number of carbonyl (C=O) groups is 2. The van der Waals surface area contributed by atoms with Gasteiger partial charge in [0.15, 0.2) is 0 Å². The molecule has 162 valence electrons. The standard InChI is InChI=1S/C18H26N2O8S/c1-6-19(29(25,26)14-9-7-13(8-10-14)20(23)24)15(17(22)27-5)11-12-16(21)28-18(2,3)4/h7-10,15H,6,11-12H2,1-5H3/t15-/m0/s1. The van der Waals surface area contributed by atoms with Crippen LogP contribution >= 0.6 is 0 Å². The van der Waals surface area contributed by atoms with Crippen molar-refractivity contribution < 1.29 is 32.4 Å². The van der Waals surface area contributed by atoms with Crippen LogP contribution in [-0.4, -0.2) is 54.9 Å². The number of hydrogen-bond acceptors (Lipinski definition) is 8. The van der Waals surface area contributed by atoms with Crippen LogP contribution in [0.2, 0.25) is 0 Å². The highest BCUT2D eigenvalue weighted by Gasteiger charge is 2.36. The van der Waals surface area contributed by atoms with Crippen LogP contribution < -0.4 is 0 Å². The molecule has 0 unspecified atom stereocenters. The smallest absolute Gasteiger partial charge is 0.324 e. The van der Waals surface area contributed by atoms with Gasteiger partial charge in [-0.05, 0) is 39.3 Å². The van der Waals surface area contributed by atoms with E-state index in [2.05, 4.69) is 0 Å². The van der Waals surface area contributed by atoms with Crippen LogP contribution in [0.15, 0.2) is 29.2 Å². The number of carbonyl (C=O) groups excluding carboxylic acids is 2. The van der Waals surface area contributed by atoms with E-state index in [0.29, 0.717) is 0 Å². The minimum Gasteiger partial charge on any atom is -0.468 e. The molecule has 0 heterocycles. The van der Waals surface area contributed by atoms with E-state index in [-0.39, 0.29) is 30.0 Å². The Morgan fingerprint density at radius 1 is 1.21 bits per heavy atom. The van der Waals surface area contributed by atoms with Crippen LogP contribution in [0.1, 0.15) is 40.5 Å². The number of nitro benzene ring substituents is 1. The predicted octanol–water partition coefficient (Wildman–Crippen LogP) is 2.27. The van der Waals surface area contributed by atoms with Gasteiger partial charge in [-0.25, -0.2) is 8.42 Å². The van der Waals surface area contributed by atoms with Crippen molar-refractivity contribution in [2.45, 2.75) is 57.1 Å². The summed E-state index contributed by atoms with van der Waals surface area (Å²) < 4.78 is 36.9. The van der Waals surface area contributed by atoms with Crippen LogP contribution in [-0.2, 0) is 29.1 Å². The molecule has 29 heavy (non-hydrogen) atoms. The number of likely N-dealkylation sites (N-methyl/N-ethyl adjacent to an activating group) is 1. The van der Waals surface area contributed by atoms with Gasteiger partial charge in [-0.15, -0.1) is 0 Å². The fraction of sp³-hybridized carbons (Fsp3) is 0.556. The van der Waals surface area contributed by atoms with Gasteiger partial charge in [0.25, 0.3) is 5.69 Å². The number of ether oxygens (including phenoxy) is 2. The molecule has 0 saturated carbocycles. The summed E-state index contributed by atoms with van der Waals surface area (Å²) in [5.74, 6) is -1.39. The van der Waals surface area contributed by atoms with Gasteiger partial charge in [0.1, 0.15) is 11.6 Å². The van der Waals surface area contributed by atoms with Crippen molar-refractivity contribution in [3.8, 4) is 0 Å². The molecule has 1 aromatic carbocycles. The molecule has 0 aromatic heterocycles. The van der Waals surface area contributed by atoms with Crippen LogP contribution in [0.5, 0.6) is 0 Å². The Morgan fingerprint density at radius 3 is 2.17 bits per heavy atom. The summed E-state index contributed by atoms with van der Waals surface area (Å²) in [7, 11) is -3.05. The fourth-order valence-electron chi connectivity index (χ4n) is 2.60. The third kappa shape index (κ3) is 6.79. The molecule has 0 amide bonds. The van der Waals surface area contributed by atoms with Gasteiger partial charge < -0.3 is 9.47 Å². The molecule has 0 saturated heterocycles. The molecule has 0 fully saturated rings. The number of sulfonamides is 1. The number of esters is 2. The quantitative estimate of drug-likeness (QED) is 0.331. The first kappa shape index (κ1) is 24.5. The van der Waals surface area contributed by atoms with E-state index in [1.807, 2.05) is 0 Å². The Balaban J connectivity index is 3.15. The van der Waals surface area contributed by atoms with Crippen molar-refractivity contribution in [1.82, 2.24) is 4.31 Å². The highest BCUT2D eigenvalue weighted by Crippen LogP contribution is 2.24. The molecule has 0 aliphatic rings. The number of non-ortho nitro benzene ring substituents is 1. The monoisotopic (exact) mass is 430 g/mol. The lowest BCUT2D eigenvalue weighted by atomic mass is 10.1. The normalized spacial score (nSPS) is 13.0. The number of hydrogen-bond donors (Lipinski definition) is 0. The Kier molecular flexibility index (Phi) is 8.27. The van der Waals surface area contributed by atoms with Gasteiger partial charge in [-0.1, -0.05) is 6.92 Å². The van der Waals surface area contributed by atoms with Crippen molar-refractivity contribution in [2.75, 3.05) is 13.7 Å². The van der Waals surface area contributed by atoms with Crippen molar-refractivity contribution in [3.05, 3.63) is 34.4 Å². The Labute approximate surface area is 170 Å². The van der Waals surface area contributed by atoms with E-state index in [9.17, 15) is 28.1 Å². The van der Waals surface area contributed by atoms with Crippen LogP contribution in [0.4, 0.5) is 5.69 Å². The molecule has 11 heteroatoms. The van der Waals surface area contributed by atoms with Gasteiger partial charge in [0.2, 0.25) is 10.0 Å². The molecule has 0 radical (unpaired) electrons. The van der Waals surface area contributed by atoms with Crippen molar-refractivity contribution in [3.63, 3.8) is 0 Å². The highest BCUT2D eigenvalue weighted by molar-refractivity contribution is 7.89. The maximum atomic E-state index is 13.0. The highest BCUT2D eigenvalue weighted by atomic mass is 32.2. The second-order valence-electron chi connectivity index (χ2n) is 7.12. The fourth-order valence-corrected chi connectivity index (χ4v) is 4.21. The summed E-state index contributed by atoms with van der Waals surface area (Å²) in [6, 6.07) is 3.07. The molecule has 0 bridgehead atoms. The zero-order valence-electron chi connectivity index (χ0n) is 17.1. The summed E-state index contributed by atoms with van der Waals surface area (Å²) in [4.78, 5) is 34.2. The summed E-state index contributed by atoms with van der Waals surface area (Å²) in [6.45, 7) is 6.54. The molecular formula is C18H26N2O8S. The average Bonchev–Trinajstić information content (AvgIpc) is 2.62. The zero-order valence-corrected chi connectivity index (χ0v) is 17.9. The molecule has 1 atom stereocenters. The Bertz CT molecular complexity index is 844. The number of rotatable bonds is 9. The van der Waals surface area contributed by atoms with E-state index in [4.69, 9.17) is 9.47 Å². The Morgan fingerprint density at radius 2 is 1.76 bits per heavy atom.